The highest BCUT2D eigenvalue weighted by Crippen LogP contribution is 2.40. The first-order chi connectivity index (χ1) is 16.7. The first-order valence-corrected chi connectivity index (χ1v) is 11.4. The number of anilines is 1. The van der Waals surface area contributed by atoms with Gasteiger partial charge < -0.3 is 24.3 Å². The smallest absolute Gasteiger partial charge is 0.346 e. The predicted octanol–water partition coefficient (Wildman–Crippen LogP) is 4.46. The Labute approximate surface area is 201 Å². The number of alkyl halides is 3. The van der Waals surface area contributed by atoms with Crippen molar-refractivity contribution in [2.45, 2.75) is 57.2 Å². The summed E-state index contributed by atoms with van der Waals surface area (Å²) in [4.78, 5) is 20.4. The van der Waals surface area contributed by atoms with E-state index in [0.29, 0.717) is 25.0 Å². The molecule has 3 heterocycles. The van der Waals surface area contributed by atoms with Gasteiger partial charge in [0.05, 0.1) is 25.9 Å². The number of ether oxygens (including phenoxy) is 4. The quantitative estimate of drug-likeness (QED) is 0.537. The summed E-state index contributed by atoms with van der Waals surface area (Å²) in [7, 11) is 1.08. The topological polar surface area (TPSA) is 91.8 Å². The Morgan fingerprint density at radius 1 is 1.20 bits per heavy atom. The lowest BCUT2D eigenvalue weighted by atomic mass is 9.97. The van der Waals surface area contributed by atoms with Gasteiger partial charge in [-0.05, 0) is 38.3 Å². The molecule has 4 rings (SSSR count). The maximum Gasteiger partial charge on any atom is 0.346 e. The second-order valence-corrected chi connectivity index (χ2v) is 8.49. The Bertz CT molecular complexity index is 1060. The molecule has 0 aliphatic carbocycles. The summed E-state index contributed by atoms with van der Waals surface area (Å²) >= 11 is 0. The summed E-state index contributed by atoms with van der Waals surface area (Å²) in [5.41, 5.74) is 0.303. The Morgan fingerprint density at radius 2 is 1.94 bits per heavy atom. The van der Waals surface area contributed by atoms with E-state index in [1.807, 2.05) is 0 Å². The lowest BCUT2D eigenvalue weighted by Crippen LogP contribution is -2.30. The number of aryl methyl sites for hydroxylation is 1. The van der Waals surface area contributed by atoms with E-state index >= 15 is 8.78 Å². The minimum Gasteiger partial charge on any atom is -0.467 e. The van der Waals surface area contributed by atoms with Crippen LogP contribution in [0.25, 0.3) is 0 Å². The highest BCUT2D eigenvalue weighted by Gasteiger charge is 2.44. The summed E-state index contributed by atoms with van der Waals surface area (Å²) in [5.74, 6) is -3.88. The summed E-state index contributed by atoms with van der Waals surface area (Å²) < 4.78 is 65.9. The third-order valence-electron chi connectivity index (χ3n) is 6.05. The molecule has 2 unspecified atom stereocenters. The second kappa shape index (κ2) is 10.5. The van der Waals surface area contributed by atoms with Crippen molar-refractivity contribution < 1.29 is 36.9 Å². The van der Waals surface area contributed by atoms with Gasteiger partial charge in [-0.3, -0.25) is 0 Å². The number of esters is 1. The number of halogens is 3. The molecule has 2 fully saturated rings. The van der Waals surface area contributed by atoms with Crippen LogP contribution in [0.1, 0.15) is 66.5 Å². The van der Waals surface area contributed by atoms with E-state index in [1.165, 1.54) is 12.1 Å². The number of hydrogen-bond donors (Lipinski definition) is 1. The van der Waals surface area contributed by atoms with Crippen molar-refractivity contribution >= 4 is 11.8 Å². The molecule has 0 bridgehead atoms. The van der Waals surface area contributed by atoms with Crippen molar-refractivity contribution in [3.63, 3.8) is 0 Å². The van der Waals surface area contributed by atoms with Crippen molar-refractivity contribution in [3.8, 4) is 0 Å². The SMILES string of the molecule is COC(=O)C(F)c1nc(C)nc(N[C@H](C)c2cccc(C(F)(F)C3CCCO3)c2)c1C1OCCO1. The molecule has 8 nitrogen and oxygen atoms in total. The number of carbonyl (C=O) groups excluding carboxylic acids is 1. The molecule has 35 heavy (non-hydrogen) atoms. The number of nitrogens with one attached hydrogen (secondary N) is 1. The van der Waals surface area contributed by atoms with Crippen molar-refractivity contribution in [1.29, 1.82) is 0 Å². The Hall–Kier alpha value is -2.76. The van der Waals surface area contributed by atoms with Gasteiger partial charge in [0, 0.05) is 18.2 Å². The minimum absolute atomic E-state index is 0.124. The van der Waals surface area contributed by atoms with Crippen LogP contribution in [-0.2, 0) is 29.7 Å². The molecule has 1 aromatic heterocycles. The number of nitrogens with zero attached hydrogens (tertiary/aromatic N) is 2. The van der Waals surface area contributed by atoms with E-state index in [-0.39, 0.29) is 41.7 Å². The number of benzene rings is 1. The molecular weight excluding hydrogens is 467 g/mol. The fourth-order valence-electron chi connectivity index (χ4n) is 4.23. The molecule has 2 aliphatic heterocycles. The van der Waals surface area contributed by atoms with Crippen LogP contribution in [0, 0.1) is 6.92 Å². The van der Waals surface area contributed by atoms with Gasteiger partial charge in [-0.1, -0.05) is 18.2 Å². The monoisotopic (exact) mass is 495 g/mol. The molecule has 0 spiro atoms. The zero-order valence-corrected chi connectivity index (χ0v) is 19.7. The van der Waals surface area contributed by atoms with Crippen LogP contribution in [0.15, 0.2) is 24.3 Å². The number of aromatic nitrogens is 2. The third-order valence-corrected chi connectivity index (χ3v) is 6.05. The largest absolute Gasteiger partial charge is 0.467 e. The molecule has 11 heteroatoms. The number of hydrogen-bond acceptors (Lipinski definition) is 8. The molecule has 1 N–H and O–H groups in total. The summed E-state index contributed by atoms with van der Waals surface area (Å²) in [6.45, 7) is 4.16. The van der Waals surface area contributed by atoms with Crippen molar-refractivity contribution in [1.82, 2.24) is 9.97 Å². The minimum atomic E-state index is -3.14. The van der Waals surface area contributed by atoms with Crippen LogP contribution in [0.4, 0.5) is 19.0 Å². The lowest BCUT2D eigenvalue weighted by Gasteiger charge is -2.25. The molecular formula is C24H28F3N3O5. The highest BCUT2D eigenvalue weighted by molar-refractivity contribution is 5.77. The van der Waals surface area contributed by atoms with Crippen LogP contribution >= 0.6 is 0 Å². The predicted molar refractivity (Wildman–Crippen MR) is 119 cm³/mol. The van der Waals surface area contributed by atoms with Crippen LogP contribution in [0.5, 0.6) is 0 Å². The summed E-state index contributed by atoms with van der Waals surface area (Å²) in [5, 5.41) is 3.14. The van der Waals surface area contributed by atoms with Gasteiger partial charge in [-0.2, -0.15) is 8.78 Å². The fourth-order valence-corrected chi connectivity index (χ4v) is 4.23. The maximum absolute atomic E-state index is 15.0. The third kappa shape index (κ3) is 5.26. The number of carbonyl (C=O) groups is 1. The van der Waals surface area contributed by atoms with Crippen LogP contribution in [-0.4, -0.2) is 49.0 Å². The molecule has 2 aliphatic rings. The van der Waals surface area contributed by atoms with Gasteiger partial charge in [-0.15, -0.1) is 0 Å². The first kappa shape index (κ1) is 25.3. The zero-order chi connectivity index (χ0) is 25.2. The van der Waals surface area contributed by atoms with E-state index < -0.39 is 36.5 Å². The van der Waals surface area contributed by atoms with Gasteiger partial charge in [-0.25, -0.2) is 19.2 Å². The van der Waals surface area contributed by atoms with E-state index in [2.05, 4.69) is 20.0 Å². The Morgan fingerprint density at radius 3 is 2.60 bits per heavy atom. The Kier molecular flexibility index (Phi) is 7.58. The van der Waals surface area contributed by atoms with Crippen LogP contribution in [0.3, 0.4) is 0 Å². The van der Waals surface area contributed by atoms with E-state index in [1.54, 1.807) is 26.0 Å². The molecule has 0 saturated carbocycles. The first-order valence-electron chi connectivity index (χ1n) is 11.4. The molecule has 2 aromatic rings. The average molecular weight is 495 g/mol. The molecule has 3 atom stereocenters. The van der Waals surface area contributed by atoms with E-state index in [0.717, 1.165) is 7.11 Å². The molecule has 0 radical (unpaired) electrons. The normalized spacial score (nSPS) is 20.6. The van der Waals surface area contributed by atoms with Crippen LogP contribution in [0.2, 0.25) is 0 Å². The molecule has 190 valence electrons. The van der Waals surface area contributed by atoms with E-state index in [9.17, 15) is 9.18 Å². The molecule has 2 saturated heterocycles. The van der Waals surface area contributed by atoms with Gasteiger partial charge in [0.1, 0.15) is 23.4 Å². The van der Waals surface area contributed by atoms with Crippen molar-refractivity contribution in [2.75, 3.05) is 32.2 Å². The summed E-state index contributed by atoms with van der Waals surface area (Å²) in [6, 6.07) is 5.54. The molecule has 1 aromatic carbocycles. The second-order valence-electron chi connectivity index (χ2n) is 8.49. The highest BCUT2D eigenvalue weighted by atomic mass is 19.3. The standard InChI is InChI=1S/C24H28F3N3O5/c1-13(15-6-4-7-16(12-15)24(26,27)17-8-5-9-33-17)28-21-18(23-34-10-11-35-23)20(29-14(2)30-21)19(25)22(31)32-3/h4,6-7,12-13,17,19,23H,5,8-11H2,1-3H3,(H,28,29,30)/t13-,17?,19?/m1/s1. The molecule has 0 amide bonds. The number of rotatable bonds is 8. The van der Waals surface area contributed by atoms with Crippen molar-refractivity contribution in [2.24, 2.45) is 0 Å². The maximum atomic E-state index is 15.0. The van der Waals surface area contributed by atoms with Gasteiger partial charge >= 0.3 is 5.97 Å². The number of methoxy groups -OCH3 is 1. The Balaban J connectivity index is 1.67. The van der Waals surface area contributed by atoms with Gasteiger partial charge in [0.15, 0.2) is 6.29 Å². The van der Waals surface area contributed by atoms with Gasteiger partial charge in [0.25, 0.3) is 5.92 Å². The zero-order valence-electron chi connectivity index (χ0n) is 19.7. The van der Waals surface area contributed by atoms with Crippen LogP contribution < -0.4 is 5.32 Å². The summed E-state index contributed by atoms with van der Waals surface area (Å²) in [6.07, 6.45) is -3.45. The van der Waals surface area contributed by atoms with E-state index in [4.69, 9.17) is 14.2 Å². The lowest BCUT2D eigenvalue weighted by molar-refractivity contribution is -0.147. The van der Waals surface area contributed by atoms with Crippen molar-refractivity contribution in [3.05, 3.63) is 52.5 Å². The average Bonchev–Trinajstić information content (AvgIpc) is 3.58. The fraction of sp³-hybridized carbons (Fsp3) is 0.542. The van der Waals surface area contributed by atoms with Gasteiger partial charge in [0.2, 0.25) is 6.17 Å².